The van der Waals surface area contributed by atoms with Crippen molar-refractivity contribution in [3.63, 3.8) is 0 Å². The normalized spacial score (nSPS) is 15.7. The molecule has 1 saturated heterocycles. The summed E-state index contributed by atoms with van der Waals surface area (Å²) < 4.78 is 6.18. The summed E-state index contributed by atoms with van der Waals surface area (Å²) in [7, 11) is 0. The third-order valence-corrected chi connectivity index (χ3v) is 5.10. The number of benzene rings is 2. The predicted octanol–water partition coefficient (Wildman–Crippen LogP) is 3.27. The van der Waals surface area contributed by atoms with Crippen molar-refractivity contribution < 1.29 is 14.3 Å². The van der Waals surface area contributed by atoms with E-state index in [0.717, 1.165) is 16.5 Å². The van der Waals surface area contributed by atoms with Gasteiger partial charge in [-0.2, -0.15) is 5.26 Å². The standard InChI is InChI=1S/C21H20BrN3O3/c22-17-8-6-16(7-9-17)21(27)25-11-2-5-19(25)20(26)24-14-15-3-1-4-18(13-15)28-12-10-23/h1,3-4,6-9,13,19H,2,5,11-12,14H2,(H,24,26). The van der Waals surface area contributed by atoms with E-state index < -0.39 is 6.04 Å². The molecular formula is C21H20BrN3O3. The van der Waals surface area contributed by atoms with E-state index in [0.29, 0.717) is 30.8 Å². The van der Waals surface area contributed by atoms with Crippen molar-refractivity contribution in [3.05, 3.63) is 64.1 Å². The Hall–Kier alpha value is -2.85. The van der Waals surface area contributed by atoms with Gasteiger partial charge in [0.15, 0.2) is 6.61 Å². The first-order valence-electron chi connectivity index (χ1n) is 9.01. The minimum absolute atomic E-state index is 0.0228. The average molecular weight is 442 g/mol. The molecule has 144 valence electrons. The Balaban J connectivity index is 1.61. The molecule has 1 unspecified atom stereocenters. The van der Waals surface area contributed by atoms with Crippen molar-refractivity contribution in [2.75, 3.05) is 13.2 Å². The number of carbonyl (C=O) groups is 2. The second kappa shape index (κ2) is 9.38. The number of nitrogens with one attached hydrogen (secondary N) is 1. The number of amides is 2. The molecule has 1 atom stereocenters. The van der Waals surface area contributed by atoms with Gasteiger partial charge in [0.25, 0.3) is 5.91 Å². The highest BCUT2D eigenvalue weighted by Gasteiger charge is 2.34. The predicted molar refractivity (Wildman–Crippen MR) is 108 cm³/mol. The van der Waals surface area contributed by atoms with E-state index in [1.54, 1.807) is 29.2 Å². The van der Waals surface area contributed by atoms with E-state index in [2.05, 4.69) is 21.2 Å². The van der Waals surface area contributed by atoms with Crippen LogP contribution in [0.15, 0.2) is 53.0 Å². The van der Waals surface area contributed by atoms with E-state index in [-0.39, 0.29) is 18.4 Å². The maximum absolute atomic E-state index is 12.8. The van der Waals surface area contributed by atoms with Gasteiger partial charge in [0.05, 0.1) is 0 Å². The maximum Gasteiger partial charge on any atom is 0.254 e. The van der Waals surface area contributed by atoms with Crippen LogP contribution >= 0.6 is 15.9 Å². The number of hydrogen-bond acceptors (Lipinski definition) is 4. The third-order valence-electron chi connectivity index (χ3n) is 4.58. The van der Waals surface area contributed by atoms with Gasteiger partial charge < -0.3 is 15.0 Å². The number of likely N-dealkylation sites (tertiary alicyclic amines) is 1. The molecule has 6 nitrogen and oxygen atoms in total. The zero-order chi connectivity index (χ0) is 19.9. The van der Waals surface area contributed by atoms with Crippen LogP contribution in [0.25, 0.3) is 0 Å². The fourth-order valence-corrected chi connectivity index (χ4v) is 3.47. The zero-order valence-electron chi connectivity index (χ0n) is 15.2. The molecule has 0 aromatic heterocycles. The second-order valence-corrected chi connectivity index (χ2v) is 7.39. The molecule has 1 fully saturated rings. The fraction of sp³-hybridized carbons (Fsp3) is 0.286. The molecule has 28 heavy (non-hydrogen) atoms. The third kappa shape index (κ3) is 4.90. The van der Waals surface area contributed by atoms with Gasteiger partial charge in [0.1, 0.15) is 17.9 Å². The minimum atomic E-state index is -0.464. The van der Waals surface area contributed by atoms with Crippen LogP contribution in [0.4, 0.5) is 0 Å². The lowest BCUT2D eigenvalue weighted by molar-refractivity contribution is -0.125. The highest BCUT2D eigenvalue weighted by atomic mass is 79.9. The zero-order valence-corrected chi connectivity index (χ0v) is 16.8. The Labute approximate surface area is 172 Å². The van der Waals surface area contributed by atoms with Crippen LogP contribution in [0.3, 0.4) is 0 Å². The smallest absolute Gasteiger partial charge is 0.254 e. The summed E-state index contributed by atoms with van der Waals surface area (Å²) in [6.45, 7) is 0.884. The van der Waals surface area contributed by atoms with Gasteiger partial charge in [0, 0.05) is 23.1 Å². The highest BCUT2D eigenvalue weighted by Crippen LogP contribution is 2.22. The van der Waals surface area contributed by atoms with Gasteiger partial charge in [-0.25, -0.2) is 0 Å². The van der Waals surface area contributed by atoms with Crippen LogP contribution in [-0.2, 0) is 11.3 Å². The fourth-order valence-electron chi connectivity index (χ4n) is 3.21. The van der Waals surface area contributed by atoms with E-state index in [1.807, 2.05) is 30.3 Å². The van der Waals surface area contributed by atoms with E-state index in [1.165, 1.54) is 0 Å². The van der Waals surface area contributed by atoms with Crippen LogP contribution in [0.5, 0.6) is 5.75 Å². The molecule has 2 aromatic rings. The number of rotatable bonds is 6. The quantitative estimate of drug-likeness (QED) is 0.745. The van der Waals surface area contributed by atoms with Crippen LogP contribution < -0.4 is 10.1 Å². The molecule has 1 aliphatic rings. The lowest BCUT2D eigenvalue weighted by atomic mass is 10.1. The summed E-state index contributed by atoms with van der Waals surface area (Å²) >= 11 is 3.36. The Morgan fingerprint density at radius 3 is 2.79 bits per heavy atom. The first kappa shape index (κ1) is 19.9. The van der Waals surface area contributed by atoms with Gasteiger partial charge in [0.2, 0.25) is 5.91 Å². The molecular weight excluding hydrogens is 422 g/mol. The van der Waals surface area contributed by atoms with Gasteiger partial charge in [-0.05, 0) is 54.8 Å². The minimum Gasteiger partial charge on any atom is -0.479 e. The second-order valence-electron chi connectivity index (χ2n) is 6.48. The van der Waals surface area contributed by atoms with E-state index in [4.69, 9.17) is 10.00 Å². The lowest BCUT2D eigenvalue weighted by Crippen LogP contribution is -2.45. The van der Waals surface area contributed by atoms with Crippen LogP contribution in [0.1, 0.15) is 28.8 Å². The SMILES string of the molecule is N#CCOc1cccc(CNC(=O)C2CCCN2C(=O)c2ccc(Br)cc2)c1. The molecule has 0 aliphatic carbocycles. The Kier molecular flexibility index (Phi) is 6.66. The maximum atomic E-state index is 12.8. The molecule has 0 spiro atoms. The largest absolute Gasteiger partial charge is 0.479 e. The summed E-state index contributed by atoms with van der Waals surface area (Å²) in [4.78, 5) is 27.1. The monoisotopic (exact) mass is 441 g/mol. The molecule has 1 N–H and O–H groups in total. The number of hydrogen-bond donors (Lipinski definition) is 1. The topological polar surface area (TPSA) is 82.4 Å². The van der Waals surface area contributed by atoms with Crippen molar-refractivity contribution in [2.24, 2.45) is 0 Å². The molecule has 1 heterocycles. The van der Waals surface area contributed by atoms with Gasteiger partial charge >= 0.3 is 0 Å². The highest BCUT2D eigenvalue weighted by molar-refractivity contribution is 9.10. The lowest BCUT2D eigenvalue weighted by Gasteiger charge is -2.24. The molecule has 0 saturated carbocycles. The summed E-state index contributed by atoms with van der Waals surface area (Å²) in [5.41, 5.74) is 1.44. The number of nitriles is 1. The molecule has 3 rings (SSSR count). The van der Waals surface area contributed by atoms with Crippen molar-refractivity contribution in [1.82, 2.24) is 10.2 Å². The molecule has 2 aromatic carbocycles. The molecule has 0 bridgehead atoms. The molecule has 2 amide bonds. The summed E-state index contributed by atoms with van der Waals surface area (Å²) in [5.74, 6) is 0.296. The average Bonchev–Trinajstić information content (AvgIpc) is 3.21. The molecule has 0 radical (unpaired) electrons. The van der Waals surface area contributed by atoms with Crippen molar-refractivity contribution in [3.8, 4) is 11.8 Å². The summed E-state index contributed by atoms with van der Waals surface area (Å²) in [6.07, 6.45) is 1.46. The van der Waals surface area contributed by atoms with Crippen LogP contribution in [0.2, 0.25) is 0 Å². The van der Waals surface area contributed by atoms with Crippen molar-refractivity contribution in [1.29, 1.82) is 5.26 Å². The first-order valence-corrected chi connectivity index (χ1v) is 9.80. The Bertz CT molecular complexity index is 893. The molecule has 7 heteroatoms. The number of carbonyl (C=O) groups excluding carboxylic acids is 2. The summed E-state index contributed by atoms with van der Waals surface area (Å²) in [6, 6.07) is 15.8. The number of nitrogens with zero attached hydrogens (tertiary/aromatic N) is 2. The Morgan fingerprint density at radius 1 is 1.25 bits per heavy atom. The van der Waals surface area contributed by atoms with E-state index >= 15 is 0 Å². The number of ether oxygens (including phenoxy) is 1. The van der Waals surface area contributed by atoms with Gasteiger partial charge in [-0.1, -0.05) is 28.1 Å². The van der Waals surface area contributed by atoms with Crippen LogP contribution in [-0.4, -0.2) is 35.9 Å². The Morgan fingerprint density at radius 2 is 2.04 bits per heavy atom. The first-order chi connectivity index (χ1) is 13.6. The van der Waals surface area contributed by atoms with E-state index in [9.17, 15) is 9.59 Å². The molecule has 1 aliphatic heterocycles. The van der Waals surface area contributed by atoms with Gasteiger partial charge in [-0.3, -0.25) is 9.59 Å². The van der Waals surface area contributed by atoms with Crippen LogP contribution in [0, 0.1) is 11.3 Å². The van der Waals surface area contributed by atoms with Crippen molar-refractivity contribution >= 4 is 27.7 Å². The van der Waals surface area contributed by atoms with Crippen molar-refractivity contribution in [2.45, 2.75) is 25.4 Å². The summed E-state index contributed by atoms with van der Waals surface area (Å²) in [5, 5.41) is 11.5. The van der Waals surface area contributed by atoms with Gasteiger partial charge in [-0.15, -0.1) is 0 Å². The number of halogens is 1.